The largest absolute Gasteiger partial charge is 0.323 e. The summed E-state index contributed by atoms with van der Waals surface area (Å²) in [5.41, 5.74) is 7.19. The molecule has 0 aliphatic carbocycles. The Balaban J connectivity index is 2.15. The topological polar surface area (TPSA) is 38.9 Å². The second-order valence-electron chi connectivity index (χ2n) is 5.39. The van der Waals surface area contributed by atoms with Crippen molar-refractivity contribution in [3.8, 4) is 0 Å². The molecule has 1 aromatic rings. The van der Waals surface area contributed by atoms with E-state index in [2.05, 4.69) is 43.8 Å². The monoisotopic (exact) mass is 404 g/mol. The molecule has 1 heterocycles. The molecule has 0 fully saturated rings. The number of rotatable bonds is 10. The van der Waals surface area contributed by atoms with E-state index in [4.69, 9.17) is 5.73 Å². The first kappa shape index (κ1) is 18.1. The lowest BCUT2D eigenvalue weighted by molar-refractivity contribution is 0.530. The molecular formula is C16H26Br2N2. The van der Waals surface area contributed by atoms with Crippen LogP contribution in [0.25, 0.3) is 0 Å². The van der Waals surface area contributed by atoms with Gasteiger partial charge in [0.2, 0.25) is 0 Å². The van der Waals surface area contributed by atoms with E-state index in [0.717, 1.165) is 21.1 Å². The molecule has 2 N–H and O–H groups in total. The first-order valence-electron chi connectivity index (χ1n) is 7.71. The van der Waals surface area contributed by atoms with Crippen molar-refractivity contribution < 1.29 is 0 Å². The van der Waals surface area contributed by atoms with Crippen LogP contribution in [0.2, 0.25) is 0 Å². The minimum Gasteiger partial charge on any atom is -0.323 e. The number of unbranched alkanes of at least 4 members (excludes halogenated alkanes) is 7. The third-order valence-electron chi connectivity index (χ3n) is 3.56. The molecule has 0 aliphatic heterocycles. The SMILES string of the molecule is CCCCCCCCCCC(N)c1ncc(Br)cc1Br. The van der Waals surface area contributed by atoms with Crippen LogP contribution in [0.4, 0.5) is 0 Å². The Morgan fingerprint density at radius 3 is 2.25 bits per heavy atom. The fourth-order valence-corrected chi connectivity index (χ4v) is 3.61. The lowest BCUT2D eigenvalue weighted by atomic mass is 10.0. The van der Waals surface area contributed by atoms with E-state index in [1.165, 1.54) is 51.4 Å². The highest BCUT2D eigenvalue weighted by atomic mass is 79.9. The number of hydrogen-bond donors (Lipinski definition) is 1. The van der Waals surface area contributed by atoms with Gasteiger partial charge in [0.1, 0.15) is 0 Å². The quantitative estimate of drug-likeness (QED) is 0.475. The van der Waals surface area contributed by atoms with E-state index in [9.17, 15) is 0 Å². The van der Waals surface area contributed by atoms with Crippen molar-refractivity contribution in [1.82, 2.24) is 4.98 Å². The summed E-state index contributed by atoms with van der Waals surface area (Å²) in [6, 6.07) is 2.05. The predicted octanol–water partition coefficient (Wildman–Crippen LogP) is 6.14. The van der Waals surface area contributed by atoms with Gasteiger partial charge >= 0.3 is 0 Å². The summed E-state index contributed by atoms with van der Waals surface area (Å²) in [5, 5.41) is 0. The van der Waals surface area contributed by atoms with Gasteiger partial charge in [0.25, 0.3) is 0 Å². The highest BCUT2D eigenvalue weighted by Crippen LogP contribution is 2.26. The number of nitrogens with two attached hydrogens (primary N) is 1. The molecule has 0 bridgehead atoms. The van der Waals surface area contributed by atoms with Crippen LogP contribution in [0.3, 0.4) is 0 Å². The molecule has 0 amide bonds. The molecule has 2 nitrogen and oxygen atoms in total. The molecule has 0 spiro atoms. The van der Waals surface area contributed by atoms with Gasteiger partial charge in [0.15, 0.2) is 0 Å². The molecule has 20 heavy (non-hydrogen) atoms. The van der Waals surface area contributed by atoms with Gasteiger partial charge in [-0.15, -0.1) is 0 Å². The standard InChI is InChI=1S/C16H26Br2N2/c1-2-3-4-5-6-7-8-9-10-15(19)16-14(18)11-13(17)12-20-16/h11-12,15H,2-10,19H2,1H3. The van der Waals surface area contributed by atoms with Crippen LogP contribution in [0, 0.1) is 0 Å². The molecule has 0 aliphatic rings. The zero-order valence-corrected chi connectivity index (χ0v) is 15.5. The molecule has 0 aromatic carbocycles. The van der Waals surface area contributed by atoms with Gasteiger partial charge < -0.3 is 5.73 Å². The fraction of sp³-hybridized carbons (Fsp3) is 0.688. The minimum absolute atomic E-state index is 0.0394. The van der Waals surface area contributed by atoms with Crippen molar-refractivity contribution in [3.05, 3.63) is 26.9 Å². The van der Waals surface area contributed by atoms with E-state index >= 15 is 0 Å². The van der Waals surface area contributed by atoms with Gasteiger partial charge in [0.05, 0.1) is 5.69 Å². The van der Waals surface area contributed by atoms with E-state index in [0.29, 0.717) is 0 Å². The van der Waals surface area contributed by atoms with Crippen LogP contribution in [0.15, 0.2) is 21.2 Å². The molecule has 114 valence electrons. The lowest BCUT2D eigenvalue weighted by Gasteiger charge is -2.12. The number of halogens is 2. The summed E-state index contributed by atoms with van der Waals surface area (Å²) >= 11 is 6.94. The first-order chi connectivity index (χ1) is 9.65. The Morgan fingerprint density at radius 2 is 1.65 bits per heavy atom. The Bertz CT molecular complexity index is 383. The van der Waals surface area contributed by atoms with Gasteiger partial charge in [-0.05, 0) is 44.3 Å². The molecule has 4 heteroatoms. The predicted molar refractivity (Wildman–Crippen MR) is 93.8 cm³/mol. The van der Waals surface area contributed by atoms with E-state index in [1.807, 2.05) is 12.3 Å². The maximum atomic E-state index is 6.22. The first-order valence-corrected chi connectivity index (χ1v) is 9.30. The summed E-state index contributed by atoms with van der Waals surface area (Å²) in [6.07, 6.45) is 13.5. The van der Waals surface area contributed by atoms with Crippen molar-refractivity contribution in [2.24, 2.45) is 5.73 Å². The van der Waals surface area contributed by atoms with E-state index in [-0.39, 0.29) is 6.04 Å². The van der Waals surface area contributed by atoms with Crippen LogP contribution in [0.5, 0.6) is 0 Å². The molecule has 1 aromatic heterocycles. The maximum Gasteiger partial charge on any atom is 0.0713 e. The molecule has 1 unspecified atom stereocenters. The van der Waals surface area contributed by atoms with Crippen molar-refractivity contribution in [2.45, 2.75) is 70.8 Å². The number of hydrogen-bond acceptors (Lipinski definition) is 2. The third-order valence-corrected chi connectivity index (χ3v) is 4.62. The highest BCUT2D eigenvalue weighted by molar-refractivity contribution is 9.11. The summed E-state index contributed by atoms with van der Waals surface area (Å²) in [7, 11) is 0. The van der Waals surface area contributed by atoms with Crippen LogP contribution in [0.1, 0.15) is 76.4 Å². The second kappa shape index (κ2) is 10.7. The third kappa shape index (κ3) is 7.19. The normalized spacial score (nSPS) is 12.6. The minimum atomic E-state index is 0.0394. The number of nitrogens with zero attached hydrogens (tertiary/aromatic N) is 1. The van der Waals surface area contributed by atoms with Gasteiger partial charge in [-0.25, -0.2) is 0 Å². The van der Waals surface area contributed by atoms with Crippen molar-refractivity contribution in [1.29, 1.82) is 0 Å². The molecule has 1 rings (SSSR count). The molecule has 0 saturated carbocycles. The molecule has 0 radical (unpaired) electrons. The van der Waals surface area contributed by atoms with Gasteiger partial charge in [0, 0.05) is 21.2 Å². The fourth-order valence-electron chi connectivity index (χ4n) is 2.33. The summed E-state index contributed by atoms with van der Waals surface area (Å²) in [6.45, 7) is 2.26. The maximum absolute atomic E-state index is 6.22. The van der Waals surface area contributed by atoms with Crippen LogP contribution in [-0.4, -0.2) is 4.98 Å². The molecule has 1 atom stereocenters. The van der Waals surface area contributed by atoms with Gasteiger partial charge in [-0.1, -0.05) is 58.3 Å². The zero-order valence-electron chi connectivity index (χ0n) is 12.4. The van der Waals surface area contributed by atoms with E-state index < -0.39 is 0 Å². The van der Waals surface area contributed by atoms with Crippen molar-refractivity contribution in [2.75, 3.05) is 0 Å². The summed E-state index contributed by atoms with van der Waals surface area (Å²) < 4.78 is 1.98. The average molecular weight is 406 g/mol. The summed E-state index contributed by atoms with van der Waals surface area (Å²) in [5.74, 6) is 0. The lowest BCUT2D eigenvalue weighted by Crippen LogP contribution is -2.12. The molecular weight excluding hydrogens is 380 g/mol. The Kier molecular flexibility index (Phi) is 9.74. The van der Waals surface area contributed by atoms with Crippen LogP contribution >= 0.6 is 31.9 Å². The van der Waals surface area contributed by atoms with Crippen LogP contribution in [-0.2, 0) is 0 Å². The average Bonchev–Trinajstić information content (AvgIpc) is 2.41. The zero-order chi connectivity index (χ0) is 14.8. The highest BCUT2D eigenvalue weighted by Gasteiger charge is 2.11. The van der Waals surface area contributed by atoms with Gasteiger partial charge in [-0.3, -0.25) is 4.98 Å². The summed E-state index contributed by atoms with van der Waals surface area (Å²) in [4.78, 5) is 4.41. The van der Waals surface area contributed by atoms with Crippen LogP contribution < -0.4 is 5.73 Å². The van der Waals surface area contributed by atoms with Crippen molar-refractivity contribution in [3.63, 3.8) is 0 Å². The molecule has 0 saturated heterocycles. The Morgan fingerprint density at radius 1 is 1.05 bits per heavy atom. The van der Waals surface area contributed by atoms with Gasteiger partial charge in [-0.2, -0.15) is 0 Å². The smallest absolute Gasteiger partial charge is 0.0713 e. The number of aromatic nitrogens is 1. The second-order valence-corrected chi connectivity index (χ2v) is 7.16. The van der Waals surface area contributed by atoms with Crippen molar-refractivity contribution >= 4 is 31.9 Å². The van der Waals surface area contributed by atoms with E-state index in [1.54, 1.807) is 0 Å². The Labute approximate surface area is 140 Å². The number of pyridine rings is 1. The Hall–Kier alpha value is 0.0700.